The van der Waals surface area contributed by atoms with Gasteiger partial charge in [-0.2, -0.15) is 0 Å². The van der Waals surface area contributed by atoms with E-state index in [2.05, 4.69) is 0 Å². The fourth-order valence-corrected chi connectivity index (χ4v) is 2.73. The van der Waals surface area contributed by atoms with Gasteiger partial charge in [0.05, 0.1) is 4.92 Å². The number of carbonyl (C=O) groups is 1. The van der Waals surface area contributed by atoms with E-state index in [-0.39, 0.29) is 17.5 Å². The number of anilines is 1. The summed E-state index contributed by atoms with van der Waals surface area (Å²) in [5.41, 5.74) is 0.569. The molecular formula is C15H20ClN3O3. The van der Waals surface area contributed by atoms with Crippen LogP contribution in [0.25, 0.3) is 0 Å². The van der Waals surface area contributed by atoms with Gasteiger partial charge in [-0.3, -0.25) is 14.9 Å². The molecule has 22 heavy (non-hydrogen) atoms. The van der Waals surface area contributed by atoms with Crippen molar-refractivity contribution in [3.8, 4) is 0 Å². The van der Waals surface area contributed by atoms with E-state index < -0.39 is 4.92 Å². The van der Waals surface area contributed by atoms with E-state index in [0.717, 1.165) is 6.42 Å². The fourth-order valence-electron chi connectivity index (χ4n) is 2.56. The molecule has 6 nitrogen and oxygen atoms in total. The number of hydrogen-bond acceptors (Lipinski definition) is 4. The van der Waals surface area contributed by atoms with E-state index >= 15 is 0 Å². The highest BCUT2D eigenvalue weighted by molar-refractivity contribution is 6.30. The summed E-state index contributed by atoms with van der Waals surface area (Å²) in [4.78, 5) is 26.7. The number of rotatable bonds is 4. The SMILES string of the molecule is CC[C@@H](C)C(=O)N1CCN(c2ccc(Cl)cc2[N+](=O)[O-])CC1. The fraction of sp³-hybridized carbons (Fsp3) is 0.533. The first-order valence-electron chi connectivity index (χ1n) is 7.41. The summed E-state index contributed by atoms with van der Waals surface area (Å²) in [6, 6.07) is 4.70. The summed E-state index contributed by atoms with van der Waals surface area (Å²) in [6.45, 7) is 6.27. The summed E-state index contributed by atoms with van der Waals surface area (Å²) >= 11 is 5.84. The van der Waals surface area contributed by atoms with Crippen molar-refractivity contribution in [3.63, 3.8) is 0 Å². The lowest BCUT2D eigenvalue weighted by Gasteiger charge is -2.36. The van der Waals surface area contributed by atoms with Crippen molar-refractivity contribution >= 4 is 28.9 Å². The van der Waals surface area contributed by atoms with E-state index in [1.807, 2.05) is 23.6 Å². The van der Waals surface area contributed by atoms with Crippen molar-refractivity contribution in [1.29, 1.82) is 0 Å². The van der Waals surface area contributed by atoms with Crippen LogP contribution < -0.4 is 4.90 Å². The summed E-state index contributed by atoms with van der Waals surface area (Å²) < 4.78 is 0. The maximum atomic E-state index is 12.2. The number of hydrogen-bond donors (Lipinski definition) is 0. The smallest absolute Gasteiger partial charge is 0.294 e. The largest absolute Gasteiger partial charge is 0.362 e. The van der Waals surface area contributed by atoms with E-state index in [4.69, 9.17) is 11.6 Å². The third kappa shape index (κ3) is 3.50. The summed E-state index contributed by atoms with van der Waals surface area (Å²) in [6.07, 6.45) is 0.821. The van der Waals surface area contributed by atoms with Gasteiger partial charge in [0.1, 0.15) is 5.69 Å². The molecule has 1 saturated heterocycles. The molecule has 0 N–H and O–H groups in total. The van der Waals surface area contributed by atoms with Crippen LogP contribution in [-0.4, -0.2) is 41.9 Å². The molecule has 0 aromatic heterocycles. The molecule has 120 valence electrons. The van der Waals surface area contributed by atoms with Gasteiger partial charge in [0.25, 0.3) is 5.69 Å². The topological polar surface area (TPSA) is 66.7 Å². The molecule has 1 aliphatic rings. The quantitative estimate of drug-likeness (QED) is 0.630. The highest BCUT2D eigenvalue weighted by atomic mass is 35.5. The lowest BCUT2D eigenvalue weighted by atomic mass is 10.1. The lowest BCUT2D eigenvalue weighted by molar-refractivity contribution is -0.384. The van der Waals surface area contributed by atoms with Crippen LogP contribution in [0.5, 0.6) is 0 Å². The second kappa shape index (κ2) is 6.96. The molecule has 1 fully saturated rings. The Kier molecular flexibility index (Phi) is 5.24. The average molecular weight is 326 g/mol. The monoisotopic (exact) mass is 325 g/mol. The van der Waals surface area contributed by atoms with E-state index in [1.165, 1.54) is 6.07 Å². The number of nitro groups is 1. The van der Waals surface area contributed by atoms with Gasteiger partial charge in [0.2, 0.25) is 5.91 Å². The third-order valence-corrected chi connectivity index (χ3v) is 4.34. The molecule has 1 atom stereocenters. The standard InChI is InChI=1S/C15H20ClN3O3/c1-3-11(2)15(20)18-8-6-17(7-9-18)13-5-4-12(16)10-14(13)19(21)22/h4-5,10-11H,3,6-9H2,1-2H3/t11-/m1/s1. The van der Waals surface area contributed by atoms with Gasteiger partial charge in [-0.15, -0.1) is 0 Å². The number of nitro benzene ring substituents is 1. The summed E-state index contributed by atoms with van der Waals surface area (Å²) in [5.74, 6) is 0.184. The van der Waals surface area contributed by atoms with Crippen molar-refractivity contribution in [3.05, 3.63) is 33.3 Å². The van der Waals surface area contributed by atoms with Crippen LogP contribution in [0.1, 0.15) is 20.3 Å². The lowest BCUT2D eigenvalue weighted by Crippen LogP contribution is -2.50. The van der Waals surface area contributed by atoms with Crippen LogP contribution in [0.4, 0.5) is 11.4 Å². The predicted octanol–water partition coefficient (Wildman–Crippen LogP) is 2.94. The maximum Gasteiger partial charge on any atom is 0.294 e. The molecule has 1 amide bonds. The Hall–Kier alpha value is -1.82. The second-order valence-corrected chi connectivity index (χ2v) is 5.95. The summed E-state index contributed by atoms with van der Waals surface area (Å²) in [5, 5.41) is 11.5. The number of benzene rings is 1. The number of halogens is 1. The second-order valence-electron chi connectivity index (χ2n) is 5.51. The molecule has 0 saturated carbocycles. The van der Waals surface area contributed by atoms with E-state index in [0.29, 0.717) is 36.9 Å². The normalized spacial score (nSPS) is 16.5. The van der Waals surface area contributed by atoms with Crippen LogP contribution in [0.3, 0.4) is 0 Å². The van der Waals surface area contributed by atoms with Gasteiger partial charge in [-0.25, -0.2) is 0 Å². The molecule has 0 aliphatic carbocycles. The molecule has 7 heteroatoms. The van der Waals surface area contributed by atoms with Crippen LogP contribution in [0.2, 0.25) is 5.02 Å². The third-order valence-electron chi connectivity index (χ3n) is 4.10. The average Bonchev–Trinajstić information content (AvgIpc) is 2.53. The van der Waals surface area contributed by atoms with Gasteiger partial charge in [0.15, 0.2) is 0 Å². The highest BCUT2D eigenvalue weighted by Gasteiger charge is 2.27. The Bertz CT molecular complexity index is 571. The van der Waals surface area contributed by atoms with Gasteiger partial charge >= 0.3 is 0 Å². The number of nitrogens with zero attached hydrogens (tertiary/aromatic N) is 3. The number of carbonyl (C=O) groups excluding carboxylic acids is 1. The Morgan fingerprint density at radius 3 is 2.55 bits per heavy atom. The van der Waals surface area contributed by atoms with Crippen LogP contribution >= 0.6 is 11.6 Å². The Morgan fingerprint density at radius 2 is 2.00 bits per heavy atom. The van der Waals surface area contributed by atoms with Crippen molar-refractivity contribution in [2.24, 2.45) is 5.92 Å². The first-order chi connectivity index (χ1) is 10.4. The number of piperazine rings is 1. The van der Waals surface area contributed by atoms with Crippen molar-refractivity contribution in [1.82, 2.24) is 4.90 Å². The van der Waals surface area contributed by atoms with Crippen molar-refractivity contribution < 1.29 is 9.72 Å². The minimum Gasteiger partial charge on any atom is -0.362 e. The van der Waals surface area contributed by atoms with Gasteiger partial charge < -0.3 is 9.80 Å². The molecule has 1 aromatic carbocycles. The van der Waals surface area contributed by atoms with Crippen molar-refractivity contribution in [2.75, 3.05) is 31.1 Å². The Balaban J connectivity index is 2.09. The van der Waals surface area contributed by atoms with Gasteiger partial charge in [0, 0.05) is 43.2 Å². The van der Waals surface area contributed by atoms with Crippen LogP contribution in [0.15, 0.2) is 18.2 Å². The zero-order valence-electron chi connectivity index (χ0n) is 12.8. The van der Waals surface area contributed by atoms with E-state index in [9.17, 15) is 14.9 Å². The highest BCUT2D eigenvalue weighted by Crippen LogP contribution is 2.31. The minimum absolute atomic E-state index is 0.00852. The van der Waals surface area contributed by atoms with Crippen LogP contribution in [0, 0.1) is 16.0 Å². The summed E-state index contributed by atoms with van der Waals surface area (Å²) in [7, 11) is 0. The molecule has 1 heterocycles. The first-order valence-corrected chi connectivity index (χ1v) is 7.79. The van der Waals surface area contributed by atoms with Crippen molar-refractivity contribution in [2.45, 2.75) is 20.3 Å². The molecule has 1 aliphatic heterocycles. The first kappa shape index (κ1) is 16.5. The molecule has 0 unspecified atom stereocenters. The van der Waals surface area contributed by atoms with Gasteiger partial charge in [-0.05, 0) is 18.6 Å². The minimum atomic E-state index is -0.419. The Labute approximate surface area is 134 Å². The molecule has 0 bridgehead atoms. The van der Waals surface area contributed by atoms with Gasteiger partial charge in [-0.1, -0.05) is 25.4 Å². The Morgan fingerprint density at radius 1 is 1.36 bits per heavy atom. The molecule has 1 aromatic rings. The maximum absolute atomic E-state index is 12.2. The molecular weight excluding hydrogens is 306 g/mol. The number of amides is 1. The zero-order chi connectivity index (χ0) is 16.3. The molecule has 0 radical (unpaired) electrons. The molecule has 2 rings (SSSR count). The van der Waals surface area contributed by atoms with Crippen LogP contribution in [-0.2, 0) is 4.79 Å². The van der Waals surface area contributed by atoms with E-state index in [1.54, 1.807) is 12.1 Å². The zero-order valence-corrected chi connectivity index (χ0v) is 13.5. The molecule has 0 spiro atoms. The predicted molar refractivity (Wildman–Crippen MR) is 86.4 cm³/mol.